The summed E-state index contributed by atoms with van der Waals surface area (Å²) in [5.41, 5.74) is 0. The van der Waals surface area contributed by atoms with Crippen LogP contribution in [0.15, 0.2) is 4.52 Å². The average molecular weight is 321 g/mol. The lowest BCUT2D eigenvalue weighted by Gasteiger charge is -2.32. The van der Waals surface area contributed by atoms with E-state index in [-0.39, 0.29) is 12.3 Å². The maximum atomic E-state index is 12.2. The molecule has 1 aromatic rings. The molecular weight excluding hydrogens is 302 g/mol. The van der Waals surface area contributed by atoms with Gasteiger partial charge in [-0.1, -0.05) is 5.16 Å². The fraction of sp³-hybridized carbons (Fsp3) is 0.643. The zero-order valence-corrected chi connectivity index (χ0v) is 12.9. The topological polar surface area (TPSA) is 117 Å². The fourth-order valence-corrected chi connectivity index (χ4v) is 2.98. The standard InChI is InChI=1S/C14H19N5O4/c1-8-15-11(18-23-8)6-9-2-4-19(5-3-9)12(20)7-10-13(21)17-14(22)16-10/h9-10H,2-7H2,1H3,(H2,16,17,21,22). The van der Waals surface area contributed by atoms with Gasteiger partial charge < -0.3 is 14.7 Å². The van der Waals surface area contributed by atoms with Crippen molar-refractivity contribution in [3.05, 3.63) is 11.7 Å². The van der Waals surface area contributed by atoms with Crippen LogP contribution in [0.4, 0.5) is 4.79 Å². The smallest absolute Gasteiger partial charge is 0.322 e. The predicted octanol–water partition coefficient (Wildman–Crippen LogP) is -0.243. The first kappa shape index (κ1) is 15.4. The van der Waals surface area contributed by atoms with Gasteiger partial charge in [-0.3, -0.25) is 14.9 Å². The molecule has 0 aromatic carbocycles. The number of likely N-dealkylation sites (tertiary alicyclic amines) is 1. The van der Waals surface area contributed by atoms with Crippen LogP contribution in [0, 0.1) is 12.8 Å². The summed E-state index contributed by atoms with van der Waals surface area (Å²) in [4.78, 5) is 40.7. The van der Waals surface area contributed by atoms with E-state index in [2.05, 4.69) is 20.8 Å². The van der Waals surface area contributed by atoms with Gasteiger partial charge >= 0.3 is 6.03 Å². The van der Waals surface area contributed by atoms with Crippen molar-refractivity contribution >= 4 is 17.8 Å². The summed E-state index contributed by atoms with van der Waals surface area (Å²) >= 11 is 0. The van der Waals surface area contributed by atoms with E-state index in [0.717, 1.165) is 19.3 Å². The third-order valence-electron chi connectivity index (χ3n) is 4.25. The van der Waals surface area contributed by atoms with Gasteiger partial charge in [0.1, 0.15) is 6.04 Å². The number of aromatic nitrogens is 2. The van der Waals surface area contributed by atoms with Gasteiger partial charge in [0.05, 0.1) is 6.42 Å². The van der Waals surface area contributed by atoms with E-state index in [1.807, 2.05) is 0 Å². The van der Waals surface area contributed by atoms with Crippen LogP contribution in [-0.4, -0.2) is 52.0 Å². The van der Waals surface area contributed by atoms with Crippen LogP contribution in [0.5, 0.6) is 0 Å². The highest BCUT2D eigenvalue weighted by atomic mass is 16.5. The Balaban J connectivity index is 1.46. The van der Waals surface area contributed by atoms with Crippen molar-refractivity contribution in [1.29, 1.82) is 0 Å². The van der Waals surface area contributed by atoms with Gasteiger partial charge in [-0.15, -0.1) is 0 Å². The van der Waals surface area contributed by atoms with Gasteiger partial charge in [-0.2, -0.15) is 4.98 Å². The zero-order chi connectivity index (χ0) is 16.4. The molecule has 1 aromatic heterocycles. The molecule has 3 heterocycles. The Hall–Kier alpha value is -2.45. The lowest BCUT2D eigenvalue weighted by atomic mass is 9.93. The average Bonchev–Trinajstić information content (AvgIpc) is 3.05. The van der Waals surface area contributed by atoms with Gasteiger partial charge in [0, 0.05) is 26.4 Å². The zero-order valence-electron chi connectivity index (χ0n) is 12.9. The Morgan fingerprint density at radius 1 is 1.35 bits per heavy atom. The minimum absolute atomic E-state index is 0.00623. The highest BCUT2D eigenvalue weighted by Gasteiger charge is 2.33. The maximum absolute atomic E-state index is 12.2. The predicted molar refractivity (Wildman–Crippen MR) is 77.1 cm³/mol. The van der Waals surface area contributed by atoms with Crippen molar-refractivity contribution in [1.82, 2.24) is 25.7 Å². The third kappa shape index (κ3) is 3.66. The molecule has 2 N–H and O–H groups in total. The summed E-state index contributed by atoms with van der Waals surface area (Å²) in [7, 11) is 0. The van der Waals surface area contributed by atoms with E-state index in [4.69, 9.17) is 4.52 Å². The molecular formula is C14H19N5O4. The SMILES string of the molecule is Cc1nc(CC2CCN(C(=O)CC3NC(=O)NC3=O)CC2)no1. The normalized spacial score (nSPS) is 22.1. The van der Waals surface area contributed by atoms with Crippen molar-refractivity contribution in [3.63, 3.8) is 0 Å². The summed E-state index contributed by atoms with van der Waals surface area (Å²) < 4.78 is 4.96. The van der Waals surface area contributed by atoms with E-state index < -0.39 is 18.0 Å². The molecule has 0 radical (unpaired) electrons. The molecule has 1 atom stereocenters. The number of nitrogens with zero attached hydrogens (tertiary/aromatic N) is 3. The molecule has 0 spiro atoms. The van der Waals surface area contributed by atoms with Gasteiger partial charge in [0.25, 0.3) is 5.91 Å². The minimum Gasteiger partial charge on any atom is -0.343 e. The van der Waals surface area contributed by atoms with Crippen molar-refractivity contribution in [2.45, 2.75) is 38.6 Å². The van der Waals surface area contributed by atoms with Crippen LogP contribution in [0.2, 0.25) is 0 Å². The van der Waals surface area contributed by atoms with Crippen LogP contribution in [-0.2, 0) is 16.0 Å². The second kappa shape index (κ2) is 6.35. The number of carbonyl (C=O) groups excluding carboxylic acids is 3. The van der Waals surface area contributed by atoms with Crippen molar-refractivity contribution in [2.24, 2.45) is 5.92 Å². The molecule has 2 fully saturated rings. The first-order chi connectivity index (χ1) is 11.0. The number of urea groups is 1. The van der Waals surface area contributed by atoms with Gasteiger partial charge in [0.2, 0.25) is 11.8 Å². The number of piperidine rings is 1. The molecule has 0 aliphatic carbocycles. The molecule has 2 saturated heterocycles. The molecule has 9 nitrogen and oxygen atoms in total. The Labute approximate surface area is 132 Å². The number of amides is 4. The molecule has 23 heavy (non-hydrogen) atoms. The molecule has 124 valence electrons. The Morgan fingerprint density at radius 3 is 2.65 bits per heavy atom. The van der Waals surface area contributed by atoms with Gasteiger partial charge in [0.15, 0.2) is 5.82 Å². The quantitative estimate of drug-likeness (QED) is 0.739. The van der Waals surface area contributed by atoms with Crippen molar-refractivity contribution in [2.75, 3.05) is 13.1 Å². The number of aryl methyl sites for hydroxylation is 1. The molecule has 0 bridgehead atoms. The highest BCUT2D eigenvalue weighted by molar-refractivity contribution is 6.05. The van der Waals surface area contributed by atoms with Crippen LogP contribution < -0.4 is 10.6 Å². The first-order valence-corrected chi connectivity index (χ1v) is 7.69. The number of hydrogen-bond acceptors (Lipinski definition) is 6. The molecule has 2 aliphatic heterocycles. The summed E-state index contributed by atoms with van der Waals surface area (Å²) in [5.74, 6) is 1.14. The molecule has 2 aliphatic rings. The Bertz CT molecular complexity index is 620. The largest absolute Gasteiger partial charge is 0.343 e. The number of carbonyl (C=O) groups is 3. The van der Waals surface area contributed by atoms with Crippen molar-refractivity contribution in [3.8, 4) is 0 Å². The molecule has 0 saturated carbocycles. The molecule has 3 rings (SSSR count). The van der Waals surface area contributed by atoms with Crippen LogP contribution in [0.25, 0.3) is 0 Å². The number of hydrogen-bond donors (Lipinski definition) is 2. The summed E-state index contributed by atoms with van der Waals surface area (Å²) in [6.07, 6.45) is 2.48. The van der Waals surface area contributed by atoms with Gasteiger partial charge in [-0.05, 0) is 18.8 Å². The molecule has 9 heteroatoms. The fourth-order valence-electron chi connectivity index (χ4n) is 2.98. The minimum atomic E-state index is -0.755. The van der Waals surface area contributed by atoms with Crippen LogP contribution in [0.3, 0.4) is 0 Å². The third-order valence-corrected chi connectivity index (χ3v) is 4.25. The van der Waals surface area contributed by atoms with Gasteiger partial charge in [-0.25, -0.2) is 4.79 Å². The first-order valence-electron chi connectivity index (χ1n) is 7.69. The summed E-state index contributed by atoms with van der Waals surface area (Å²) in [5, 5.41) is 8.47. The van der Waals surface area contributed by atoms with E-state index in [1.54, 1.807) is 11.8 Å². The Kier molecular flexibility index (Phi) is 4.26. The second-order valence-corrected chi connectivity index (χ2v) is 5.98. The van der Waals surface area contributed by atoms with E-state index in [9.17, 15) is 14.4 Å². The van der Waals surface area contributed by atoms with E-state index in [1.165, 1.54) is 0 Å². The molecule has 1 unspecified atom stereocenters. The van der Waals surface area contributed by atoms with E-state index in [0.29, 0.717) is 30.7 Å². The molecule has 4 amide bonds. The number of nitrogens with one attached hydrogen (secondary N) is 2. The number of imide groups is 1. The lowest BCUT2D eigenvalue weighted by molar-refractivity contribution is -0.135. The second-order valence-electron chi connectivity index (χ2n) is 5.98. The Morgan fingerprint density at radius 2 is 2.09 bits per heavy atom. The van der Waals surface area contributed by atoms with Crippen molar-refractivity contribution < 1.29 is 18.9 Å². The summed E-state index contributed by atoms with van der Waals surface area (Å²) in [6.45, 7) is 3.04. The van der Waals surface area contributed by atoms with Crippen LogP contribution >= 0.6 is 0 Å². The van der Waals surface area contributed by atoms with Crippen LogP contribution in [0.1, 0.15) is 31.0 Å². The number of rotatable bonds is 4. The highest BCUT2D eigenvalue weighted by Crippen LogP contribution is 2.21. The monoisotopic (exact) mass is 321 g/mol. The lowest BCUT2D eigenvalue weighted by Crippen LogP contribution is -2.42. The maximum Gasteiger partial charge on any atom is 0.322 e. The van der Waals surface area contributed by atoms with E-state index >= 15 is 0 Å². The summed E-state index contributed by atoms with van der Waals surface area (Å²) in [6, 6.07) is -1.29.